The Labute approximate surface area is 108 Å². The Bertz CT molecular complexity index is 544. The van der Waals surface area contributed by atoms with E-state index in [1.807, 2.05) is 0 Å². The zero-order valence-electron chi connectivity index (χ0n) is 8.25. The van der Waals surface area contributed by atoms with Crippen molar-refractivity contribution in [3.05, 3.63) is 15.3 Å². The number of hydrogen-bond donors (Lipinski definition) is 1. The summed E-state index contributed by atoms with van der Waals surface area (Å²) in [6, 6.07) is 0.919. The van der Waals surface area contributed by atoms with Gasteiger partial charge in [-0.05, 0) is 41.1 Å². The molecule has 1 heterocycles. The molecule has 0 aliphatic rings. The van der Waals surface area contributed by atoms with Gasteiger partial charge in [-0.25, -0.2) is 18.5 Å². The molecule has 0 aliphatic heterocycles. The van der Waals surface area contributed by atoms with Crippen molar-refractivity contribution in [3.8, 4) is 5.75 Å². The fourth-order valence-corrected chi connectivity index (χ4v) is 2.43. The summed E-state index contributed by atoms with van der Waals surface area (Å²) in [5.41, 5.74) is -0.0211. The van der Waals surface area contributed by atoms with Crippen LogP contribution in [-0.2, 0) is 10.0 Å². The van der Waals surface area contributed by atoms with Gasteiger partial charge in [0.25, 0.3) is 10.0 Å². The molecule has 2 N–H and O–H groups in total. The lowest BCUT2D eigenvalue weighted by atomic mass is 10.3. The fraction of sp³-hybridized carbons (Fsp3) is 0.286. The first kappa shape index (κ1) is 14.4. The molecule has 0 unspecified atom stereocenters. The molecule has 0 aliphatic carbocycles. The number of pyridine rings is 1. The van der Waals surface area contributed by atoms with E-state index in [0.29, 0.717) is 0 Å². The van der Waals surface area contributed by atoms with Crippen molar-refractivity contribution in [2.24, 2.45) is 5.14 Å². The number of nitrogens with zero attached hydrogens (tertiary/aromatic N) is 1. The minimum atomic E-state index is -4.86. The Balaban J connectivity index is 3.29. The zero-order valence-corrected chi connectivity index (χ0v) is 11.2. The minimum Gasteiger partial charge on any atom is -0.403 e. The maximum absolute atomic E-state index is 12.0. The van der Waals surface area contributed by atoms with Gasteiger partial charge in [-0.2, -0.15) is 0 Å². The summed E-state index contributed by atoms with van der Waals surface area (Å²) in [5, 5.41) is 4.37. The largest absolute Gasteiger partial charge is 0.573 e. The number of nitrogens with two attached hydrogens (primary N) is 1. The van der Waals surface area contributed by atoms with Gasteiger partial charge in [0.15, 0.2) is 10.8 Å². The number of sulfonamides is 1. The third kappa shape index (κ3) is 3.96. The molecule has 0 atom stereocenters. The van der Waals surface area contributed by atoms with Crippen molar-refractivity contribution < 1.29 is 26.3 Å². The van der Waals surface area contributed by atoms with Crippen molar-refractivity contribution in [1.82, 2.24) is 4.98 Å². The second kappa shape index (κ2) is 4.57. The summed E-state index contributed by atoms with van der Waals surface area (Å²) in [4.78, 5) is 3.48. The highest BCUT2D eigenvalue weighted by molar-refractivity contribution is 14.1. The van der Waals surface area contributed by atoms with E-state index in [2.05, 4.69) is 9.72 Å². The number of aromatic nitrogens is 1. The summed E-state index contributed by atoms with van der Waals surface area (Å²) in [7, 11) is -4.07. The van der Waals surface area contributed by atoms with Gasteiger partial charge < -0.3 is 4.74 Å². The molecule has 5 nitrogen and oxygen atoms in total. The Morgan fingerprint density at radius 3 is 2.41 bits per heavy atom. The second-order valence-electron chi connectivity index (χ2n) is 2.99. The molecule has 96 valence electrons. The molecule has 0 spiro atoms. The second-order valence-corrected chi connectivity index (χ2v) is 5.49. The van der Waals surface area contributed by atoms with Crippen LogP contribution in [0.2, 0.25) is 0 Å². The standard InChI is InChI=1S/C7H6F3IN2O3S/c1-3-2-4(16-7(8,9)10)5(11)13-6(3)17(12,14)15/h2H,1H3,(H2,12,14,15). The van der Waals surface area contributed by atoms with Gasteiger partial charge in [0.2, 0.25) is 0 Å². The predicted octanol–water partition coefficient (Wildman–Crippen LogP) is 1.54. The highest BCUT2D eigenvalue weighted by Crippen LogP contribution is 2.29. The first-order valence-corrected chi connectivity index (χ1v) is 6.59. The van der Waals surface area contributed by atoms with Crippen LogP contribution in [0.5, 0.6) is 5.75 Å². The lowest BCUT2D eigenvalue weighted by Crippen LogP contribution is -2.20. The molecular formula is C7H6F3IN2O3S. The van der Waals surface area contributed by atoms with Gasteiger partial charge in [-0.3, -0.25) is 0 Å². The molecular weight excluding hydrogens is 376 g/mol. The molecule has 1 aromatic rings. The van der Waals surface area contributed by atoms with E-state index < -0.39 is 27.2 Å². The van der Waals surface area contributed by atoms with Crippen molar-refractivity contribution >= 4 is 32.6 Å². The van der Waals surface area contributed by atoms with Gasteiger partial charge in [0, 0.05) is 0 Å². The van der Waals surface area contributed by atoms with Crippen LogP contribution in [0, 0.1) is 10.6 Å². The van der Waals surface area contributed by atoms with Crippen LogP contribution in [0.3, 0.4) is 0 Å². The maximum atomic E-state index is 12.0. The Kier molecular flexibility index (Phi) is 3.88. The third-order valence-corrected chi connectivity index (χ3v) is 3.31. The zero-order chi connectivity index (χ0) is 13.4. The van der Waals surface area contributed by atoms with E-state index in [0.717, 1.165) is 6.07 Å². The van der Waals surface area contributed by atoms with E-state index in [9.17, 15) is 21.6 Å². The fourth-order valence-electron chi connectivity index (χ4n) is 1.03. The molecule has 17 heavy (non-hydrogen) atoms. The first-order chi connectivity index (χ1) is 7.50. The third-order valence-electron chi connectivity index (χ3n) is 1.58. The lowest BCUT2D eigenvalue weighted by molar-refractivity contribution is -0.275. The van der Waals surface area contributed by atoms with Gasteiger partial charge >= 0.3 is 6.36 Å². The summed E-state index contributed by atoms with van der Waals surface area (Å²) < 4.78 is 61.5. The van der Waals surface area contributed by atoms with Crippen molar-refractivity contribution in [1.29, 1.82) is 0 Å². The van der Waals surface area contributed by atoms with Crippen LogP contribution >= 0.6 is 22.6 Å². The van der Waals surface area contributed by atoms with Crippen LogP contribution in [0.4, 0.5) is 13.2 Å². The molecule has 1 rings (SSSR count). The Morgan fingerprint density at radius 2 is 2.00 bits per heavy atom. The van der Waals surface area contributed by atoms with Crippen LogP contribution in [0.1, 0.15) is 5.56 Å². The number of ether oxygens (including phenoxy) is 1. The highest BCUT2D eigenvalue weighted by atomic mass is 127. The summed E-state index contributed by atoms with van der Waals surface area (Å²) in [5.74, 6) is -0.567. The molecule has 0 saturated heterocycles. The van der Waals surface area contributed by atoms with Crippen molar-refractivity contribution in [3.63, 3.8) is 0 Å². The molecule has 1 aromatic heterocycles. The van der Waals surface area contributed by atoms with Crippen molar-refractivity contribution in [2.45, 2.75) is 18.3 Å². The van der Waals surface area contributed by atoms with E-state index in [-0.39, 0.29) is 9.26 Å². The number of primary sulfonamides is 1. The molecule has 0 radical (unpaired) electrons. The number of alkyl halides is 3. The van der Waals surface area contributed by atoms with Gasteiger partial charge in [0.05, 0.1) is 0 Å². The smallest absolute Gasteiger partial charge is 0.403 e. The Morgan fingerprint density at radius 1 is 1.47 bits per heavy atom. The van der Waals surface area contributed by atoms with Gasteiger partial charge in [0.1, 0.15) is 3.70 Å². The molecule has 0 saturated carbocycles. The summed E-state index contributed by atoms with van der Waals surface area (Å²) in [6.45, 7) is 1.27. The quantitative estimate of drug-likeness (QED) is 0.622. The molecule has 0 amide bonds. The van der Waals surface area contributed by atoms with Crippen LogP contribution in [0.25, 0.3) is 0 Å². The summed E-state index contributed by atoms with van der Waals surface area (Å²) >= 11 is 1.43. The number of aryl methyl sites for hydroxylation is 1. The van der Waals surface area contributed by atoms with Crippen LogP contribution in [0.15, 0.2) is 11.1 Å². The summed E-state index contributed by atoms with van der Waals surface area (Å²) in [6.07, 6.45) is -4.86. The number of hydrogen-bond acceptors (Lipinski definition) is 4. The topological polar surface area (TPSA) is 82.3 Å². The Hall–Kier alpha value is -0.620. The normalized spacial score (nSPS) is 12.6. The molecule has 10 heteroatoms. The molecule has 0 aromatic carbocycles. The molecule has 0 bridgehead atoms. The average Bonchev–Trinajstić information content (AvgIpc) is 2.06. The minimum absolute atomic E-state index is 0.0211. The SMILES string of the molecule is Cc1cc(OC(F)(F)F)c(I)nc1S(N)(=O)=O. The van der Waals surface area contributed by atoms with E-state index in [1.54, 1.807) is 0 Å². The van der Waals surface area contributed by atoms with E-state index in [4.69, 9.17) is 5.14 Å². The highest BCUT2D eigenvalue weighted by Gasteiger charge is 2.33. The lowest BCUT2D eigenvalue weighted by Gasteiger charge is -2.12. The molecule has 0 fully saturated rings. The van der Waals surface area contributed by atoms with Crippen LogP contribution < -0.4 is 9.88 Å². The van der Waals surface area contributed by atoms with E-state index >= 15 is 0 Å². The monoisotopic (exact) mass is 382 g/mol. The first-order valence-electron chi connectivity index (χ1n) is 3.96. The van der Waals surface area contributed by atoms with Gasteiger partial charge in [-0.1, -0.05) is 0 Å². The average molecular weight is 382 g/mol. The van der Waals surface area contributed by atoms with Crippen molar-refractivity contribution in [2.75, 3.05) is 0 Å². The van der Waals surface area contributed by atoms with E-state index in [1.165, 1.54) is 29.5 Å². The maximum Gasteiger partial charge on any atom is 0.573 e. The van der Waals surface area contributed by atoms with Gasteiger partial charge in [-0.15, -0.1) is 13.2 Å². The van der Waals surface area contributed by atoms with Crippen LogP contribution in [-0.4, -0.2) is 19.8 Å². The predicted molar refractivity (Wildman–Crippen MR) is 59.7 cm³/mol. The number of halogens is 4. The number of rotatable bonds is 2.